The van der Waals surface area contributed by atoms with Crippen LogP contribution < -0.4 is 0 Å². The maximum Gasteiger partial charge on any atom is 0.275 e. The van der Waals surface area contributed by atoms with Crippen LogP contribution in [0.15, 0.2) is 34.8 Å². The summed E-state index contributed by atoms with van der Waals surface area (Å²) >= 11 is 3.58. The Morgan fingerprint density at radius 1 is 1.08 bits per heavy atom. The number of H-pyrrole nitrogens is 1. The zero-order chi connectivity index (χ0) is 17.4. The van der Waals surface area contributed by atoms with Gasteiger partial charge in [-0.15, -0.1) is 0 Å². The Morgan fingerprint density at radius 3 is 2.36 bits per heavy atom. The van der Waals surface area contributed by atoms with Crippen molar-refractivity contribution in [2.45, 2.75) is 56.4 Å². The summed E-state index contributed by atoms with van der Waals surface area (Å²) in [5.41, 5.74) is 3.05. The smallest absolute Gasteiger partial charge is 0.275 e. The molecule has 1 N–H and O–H groups in total. The van der Waals surface area contributed by atoms with E-state index in [1.807, 2.05) is 11.9 Å². The van der Waals surface area contributed by atoms with Gasteiger partial charge in [-0.1, -0.05) is 30.3 Å². The highest BCUT2D eigenvalue weighted by molar-refractivity contribution is 9.10. The van der Waals surface area contributed by atoms with Crippen LogP contribution in [0.4, 0.5) is 0 Å². The highest BCUT2D eigenvalue weighted by atomic mass is 79.9. The summed E-state index contributed by atoms with van der Waals surface area (Å²) in [6.07, 6.45) is 6.77. The molecule has 2 aromatic rings. The van der Waals surface area contributed by atoms with Crippen molar-refractivity contribution in [3.63, 3.8) is 0 Å². The third-order valence-electron chi connectivity index (χ3n) is 5.76. The molecule has 0 saturated heterocycles. The van der Waals surface area contributed by atoms with E-state index in [1.165, 1.54) is 18.4 Å². The van der Waals surface area contributed by atoms with Gasteiger partial charge in [-0.05, 0) is 65.9 Å². The molecule has 132 valence electrons. The number of nitrogens with one attached hydrogen (secondary N) is 1. The minimum absolute atomic E-state index is 0.0261. The molecule has 0 atom stereocenters. The first-order valence-corrected chi connectivity index (χ1v) is 10.00. The summed E-state index contributed by atoms with van der Waals surface area (Å²) in [5, 5.41) is 7.35. The van der Waals surface area contributed by atoms with Crippen molar-refractivity contribution < 1.29 is 4.79 Å². The summed E-state index contributed by atoms with van der Waals surface area (Å²) in [5.74, 6) is 1.20. The number of carbonyl (C=O) groups is 1. The standard InChI is InChI=1S/C20H24BrN3O/c1-24(20(25)19-17(21)18(22-23-19)15-7-8-15)16-11-9-14(10-12-16)13-5-3-2-4-6-13/h2-6,14-16H,7-12H2,1H3,(H,22,23). The van der Waals surface area contributed by atoms with Crippen molar-refractivity contribution in [3.8, 4) is 0 Å². The lowest BCUT2D eigenvalue weighted by molar-refractivity contribution is 0.0682. The summed E-state index contributed by atoms with van der Waals surface area (Å²) in [6.45, 7) is 0. The monoisotopic (exact) mass is 401 g/mol. The van der Waals surface area contributed by atoms with Gasteiger partial charge in [0.1, 0.15) is 0 Å². The van der Waals surface area contributed by atoms with E-state index < -0.39 is 0 Å². The average Bonchev–Trinajstić information content (AvgIpc) is 3.43. The van der Waals surface area contributed by atoms with Crippen molar-refractivity contribution in [2.75, 3.05) is 7.05 Å². The molecule has 0 bridgehead atoms. The predicted molar refractivity (Wildman–Crippen MR) is 102 cm³/mol. The van der Waals surface area contributed by atoms with Gasteiger partial charge in [0.2, 0.25) is 0 Å². The topological polar surface area (TPSA) is 49.0 Å². The van der Waals surface area contributed by atoms with Gasteiger partial charge in [-0.25, -0.2) is 0 Å². The van der Waals surface area contributed by atoms with E-state index >= 15 is 0 Å². The number of hydrogen-bond acceptors (Lipinski definition) is 2. The molecular formula is C20H24BrN3O. The second kappa shape index (κ2) is 6.94. The van der Waals surface area contributed by atoms with Crippen LogP contribution in [-0.4, -0.2) is 34.1 Å². The van der Waals surface area contributed by atoms with Gasteiger partial charge in [0, 0.05) is 19.0 Å². The minimum atomic E-state index is 0.0261. The van der Waals surface area contributed by atoms with Crippen molar-refractivity contribution in [2.24, 2.45) is 0 Å². The number of carbonyl (C=O) groups excluding carboxylic acids is 1. The molecule has 0 aliphatic heterocycles. The number of aromatic nitrogens is 2. The number of nitrogens with zero attached hydrogens (tertiary/aromatic N) is 2. The summed E-state index contributed by atoms with van der Waals surface area (Å²) in [4.78, 5) is 14.8. The summed E-state index contributed by atoms with van der Waals surface area (Å²) in [7, 11) is 1.92. The maximum atomic E-state index is 12.9. The van der Waals surface area contributed by atoms with Crippen LogP contribution in [0.1, 0.15) is 72.1 Å². The molecule has 0 unspecified atom stereocenters. The molecule has 0 radical (unpaired) electrons. The zero-order valence-electron chi connectivity index (χ0n) is 14.5. The van der Waals surface area contributed by atoms with Crippen molar-refractivity contribution in [1.29, 1.82) is 0 Å². The second-order valence-electron chi connectivity index (χ2n) is 7.41. The van der Waals surface area contributed by atoms with Gasteiger partial charge in [0.15, 0.2) is 5.69 Å². The summed E-state index contributed by atoms with van der Waals surface area (Å²) < 4.78 is 0.866. The molecule has 1 heterocycles. The number of amides is 1. The largest absolute Gasteiger partial charge is 0.337 e. The van der Waals surface area contributed by atoms with Crippen LogP contribution in [0.3, 0.4) is 0 Å². The fraction of sp³-hybridized carbons (Fsp3) is 0.500. The molecule has 1 aromatic heterocycles. The summed E-state index contributed by atoms with van der Waals surface area (Å²) in [6, 6.07) is 11.0. The Labute approximate surface area is 157 Å². The van der Waals surface area contributed by atoms with E-state index in [1.54, 1.807) is 0 Å². The van der Waals surface area contributed by atoms with Crippen LogP contribution in [0.25, 0.3) is 0 Å². The van der Waals surface area contributed by atoms with E-state index in [0.717, 1.165) is 35.8 Å². The lowest BCUT2D eigenvalue weighted by Gasteiger charge is -2.34. The Bertz CT molecular complexity index is 746. The van der Waals surface area contributed by atoms with E-state index in [9.17, 15) is 4.79 Å². The van der Waals surface area contributed by atoms with Crippen LogP contribution in [0, 0.1) is 0 Å². The molecule has 2 fully saturated rings. The number of halogens is 1. The number of aromatic amines is 1. The normalized spacial score (nSPS) is 23.4. The lowest BCUT2D eigenvalue weighted by atomic mass is 9.81. The van der Waals surface area contributed by atoms with Crippen molar-refractivity contribution in [3.05, 3.63) is 51.8 Å². The van der Waals surface area contributed by atoms with Crippen LogP contribution in [0.2, 0.25) is 0 Å². The zero-order valence-corrected chi connectivity index (χ0v) is 16.1. The Hall–Kier alpha value is -1.62. The van der Waals surface area contributed by atoms with Gasteiger partial charge in [-0.2, -0.15) is 5.10 Å². The molecule has 4 rings (SSSR count). The second-order valence-corrected chi connectivity index (χ2v) is 8.20. The molecule has 5 heteroatoms. The quantitative estimate of drug-likeness (QED) is 0.795. The number of hydrogen-bond donors (Lipinski definition) is 1. The molecule has 25 heavy (non-hydrogen) atoms. The van der Waals surface area contributed by atoms with Gasteiger partial charge in [0.25, 0.3) is 5.91 Å². The molecule has 2 saturated carbocycles. The fourth-order valence-corrected chi connectivity index (χ4v) is 4.65. The van der Waals surface area contributed by atoms with Gasteiger partial charge < -0.3 is 4.90 Å². The minimum Gasteiger partial charge on any atom is -0.337 e. The third kappa shape index (κ3) is 3.39. The molecule has 2 aliphatic rings. The van der Waals surface area contributed by atoms with Crippen LogP contribution in [-0.2, 0) is 0 Å². The van der Waals surface area contributed by atoms with Crippen LogP contribution >= 0.6 is 15.9 Å². The van der Waals surface area contributed by atoms with E-state index in [-0.39, 0.29) is 5.91 Å². The average molecular weight is 402 g/mol. The molecule has 1 amide bonds. The molecular weight excluding hydrogens is 378 g/mol. The fourth-order valence-electron chi connectivity index (χ4n) is 3.98. The van der Waals surface area contributed by atoms with Gasteiger partial charge >= 0.3 is 0 Å². The predicted octanol–water partition coefficient (Wildman–Crippen LogP) is 4.85. The maximum absolute atomic E-state index is 12.9. The van der Waals surface area contributed by atoms with E-state index in [2.05, 4.69) is 56.5 Å². The van der Waals surface area contributed by atoms with Gasteiger partial charge in [0.05, 0.1) is 10.2 Å². The first-order valence-electron chi connectivity index (χ1n) is 9.21. The lowest BCUT2D eigenvalue weighted by Crippen LogP contribution is -2.39. The first kappa shape index (κ1) is 16.8. The van der Waals surface area contributed by atoms with E-state index in [0.29, 0.717) is 23.6 Å². The number of rotatable bonds is 4. The van der Waals surface area contributed by atoms with E-state index in [4.69, 9.17) is 0 Å². The Morgan fingerprint density at radius 2 is 1.72 bits per heavy atom. The van der Waals surface area contributed by atoms with Gasteiger partial charge in [-0.3, -0.25) is 9.89 Å². The molecule has 4 nitrogen and oxygen atoms in total. The highest BCUT2D eigenvalue weighted by Crippen LogP contribution is 2.43. The number of benzene rings is 1. The Kier molecular flexibility index (Phi) is 4.67. The first-order chi connectivity index (χ1) is 12.1. The van der Waals surface area contributed by atoms with Crippen LogP contribution in [0.5, 0.6) is 0 Å². The van der Waals surface area contributed by atoms with Crippen molar-refractivity contribution in [1.82, 2.24) is 15.1 Å². The third-order valence-corrected chi connectivity index (χ3v) is 6.56. The highest BCUT2D eigenvalue weighted by Gasteiger charge is 2.33. The Balaban J connectivity index is 1.40. The van der Waals surface area contributed by atoms with Crippen molar-refractivity contribution >= 4 is 21.8 Å². The molecule has 0 spiro atoms. The molecule has 2 aliphatic carbocycles. The molecule has 1 aromatic carbocycles. The SMILES string of the molecule is CN(C(=O)c1n[nH]c(C2CC2)c1Br)C1CCC(c2ccccc2)CC1.